The van der Waals surface area contributed by atoms with Gasteiger partial charge in [0.15, 0.2) is 17.3 Å². The Bertz CT molecular complexity index is 727. The molecular weight excluding hydrogens is 309 g/mol. The minimum atomic E-state index is -2.96. The lowest BCUT2D eigenvalue weighted by molar-refractivity contribution is -0.0512. The van der Waals surface area contributed by atoms with E-state index in [4.69, 9.17) is 4.74 Å². The molecule has 120 valence electrons. The van der Waals surface area contributed by atoms with Crippen LogP contribution in [0.25, 0.3) is 6.08 Å². The summed E-state index contributed by atoms with van der Waals surface area (Å²) < 4.78 is 46.8. The predicted molar refractivity (Wildman–Crippen MR) is 79.4 cm³/mol. The van der Waals surface area contributed by atoms with Crippen LogP contribution in [-0.4, -0.2) is 19.5 Å². The number of hydrogen-bond acceptors (Lipinski definition) is 3. The number of carbonyl (C=O) groups is 1. The Hall–Kier alpha value is -2.76. The molecule has 2 rings (SSSR count). The molecule has 0 fully saturated rings. The average molecular weight is 322 g/mol. The Labute approximate surface area is 131 Å². The van der Waals surface area contributed by atoms with E-state index in [1.165, 1.54) is 55.7 Å². The Kier molecular flexibility index (Phi) is 5.41. The number of benzene rings is 2. The normalized spacial score (nSPS) is 11.0. The molecule has 6 heteroatoms. The van der Waals surface area contributed by atoms with Crippen LogP contribution in [0.15, 0.2) is 48.5 Å². The number of alkyl halides is 2. The first-order valence-electron chi connectivity index (χ1n) is 6.60. The van der Waals surface area contributed by atoms with Crippen molar-refractivity contribution in [1.29, 1.82) is 0 Å². The van der Waals surface area contributed by atoms with E-state index in [0.29, 0.717) is 5.56 Å². The molecule has 0 bridgehead atoms. The highest BCUT2D eigenvalue weighted by atomic mass is 19.3. The molecular formula is C17H13F3O3. The number of hydrogen-bond donors (Lipinski definition) is 0. The van der Waals surface area contributed by atoms with Crippen molar-refractivity contribution in [2.75, 3.05) is 7.11 Å². The highest BCUT2D eigenvalue weighted by Gasteiger charge is 2.10. The average Bonchev–Trinajstić information content (AvgIpc) is 2.53. The molecule has 0 aromatic heterocycles. The van der Waals surface area contributed by atoms with E-state index in [9.17, 15) is 18.0 Å². The zero-order valence-electron chi connectivity index (χ0n) is 12.1. The van der Waals surface area contributed by atoms with Crippen molar-refractivity contribution < 1.29 is 27.4 Å². The van der Waals surface area contributed by atoms with E-state index in [1.807, 2.05) is 0 Å². The summed E-state index contributed by atoms with van der Waals surface area (Å²) in [5.74, 6) is -0.863. The number of methoxy groups -OCH3 is 1. The maximum Gasteiger partial charge on any atom is 0.387 e. The van der Waals surface area contributed by atoms with Gasteiger partial charge in [-0.05, 0) is 35.9 Å². The van der Waals surface area contributed by atoms with Gasteiger partial charge in [-0.25, -0.2) is 4.39 Å². The molecule has 0 heterocycles. The molecule has 2 aromatic carbocycles. The molecule has 0 spiro atoms. The summed E-state index contributed by atoms with van der Waals surface area (Å²) in [7, 11) is 1.32. The minimum Gasteiger partial charge on any atom is -0.493 e. The summed E-state index contributed by atoms with van der Waals surface area (Å²) in [6, 6.07) is 9.58. The predicted octanol–water partition coefficient (Wildman–Crippen LogP) is 4.33. The molecule has 0 saturated heterocycles. The van der Waals surface area contributed by atoms with Gasteiger partial charge in [0.25, 0.3) is 0 Å². The second-order valence-corrected chi connectivity index (χ2v) is 4.50. The summed E-state index contributed by atoms with van der Waals surface area (Å²) in [6.45, 7) is -2.96. The first-order valence-corrected chi connectivity index (χ1v) is 6.60. The fourth-order valence-corrected chi connectivity index (χ4v) is 1.89. The van der Waals surface area contributed by atoms with Crippen LogP contribution in [-0.2, 0) is 0 Å². The van der Waals surface area contributed by atoms with Crippen molar-refractivity contribution >= 4 is 11.9 Å². The standard InChI is InChI=1S/C17H13F3O3/c1-22-16-9-11(6-8-15(16)23-17(19)20)5-7-14(21)12-3-2-4-13(18)10-12/h2-10,17H,1H3/b7-5+. The number of allylic oxidation sites excluding steroid dienone is 1. The molecule has 0 radical (unpaired) electrons. The monoisotopic (exact) mass is 322 g/mol. The van der Waals surface area contributed by atoms with Gasteiger partial charge in [0.2, 0.25) is 0 Å². The first kappa shape index (κ1) is 16.6. The van der Waals surface area contributed by atoms with Crippen molar-refractivity contribution in [3.8, 4) is 11.5 Å². The molecule has 0 saturated carbocycles. The molecule has 0 unspecified atom stereocenters. The number of ketones is 1. The molecule has 23 heavy (non-hydrogen) atoms. The van der Waals surface area contributed by atoms with E-state index >= 15 is 0 Å². The van der Waals surface area contributed by atoms with Crippen molar-refractivity contribution in [2.45, 2.75) is 6.61 Å². The molecule has 3 nitrogen and oxygen atoms in total. The van der Waals surface area contributed by atoms with Crippen LogP contribution < -0.4 is 9.47 Å². The third-order valence-corrected chi connectivity index (χ3v) is 2.94. The fourth-order valence-electron chi connectivity index (χ4n) is 1.89. The van der Waals surface area contributed by atoms with Gasteiger partial charge in [-0.3, -0.25) is 4.79 Å². The summed E-state index contributed by atoms with van der Waals surface area (Å²) in [4.78, 5) is 11.9. The molecule has 0 atom stereocenters. The second-order valence-electron chi connectivity index (χ2n) is 4.50. The van der Waals surface area contributed by atoms with Crippen LogP contribution >= 0.6 is 0 Å². The number of rotatable bonds is 6. The topological polar surface area (TPSA) is 35.5 Å². The number of halogens is 3. The maximum atomic E-state index is 13.1. The zero-order valence-corrected chi connectivity index (χ0v) is 12.1. The third-order valence-electron chi connectivity index (χ3n) is 2.94. The van der Waals surface area contributed by atoms with Gasteiger partial charge in [0, 0.05) is 5.56 Å². The summed E-state index contributed by atoms with van der Waals surface area (Å²) in [5.41, 5.74) is 0.763. The van der Waals surface area contributed by atoms with Gasteiger partial charge in [-0.15, -0.1) is 0 Å². The molecule has 0 aliphatic rings. The third kappa shape index (κ3) is 4.60. The van der Waals surface area contributed by atoms with Crippen molar-refractivity contribution in [2.24, 2.45) is 0 Å². The Morgan fingerprint density at radius 1 is 1.13 bits per heavy atom. The van der Waals surface area contributed by atoms with Gasteiger partial charge < -0.3 is 9.47 Å². The summed E-state index contributed by atoms with van der Waals surface area (Å²) in [6.07, 6.45) is 2.74. The summed E-state index contributed by atoms with van der Waals surface area (Å²) in [5, 5.41) is 0. The Balaban J connectivity index is 2.17. The van der Waals surface area contributed by atoms with Crippen LogP contribution in [0.4, 0.5) is 13.2 Å². The fraction of sp³-hybridized carbons (Fsp3) is 0.118. The SMILES string of the molecule is COc1cc(/C=C/C(=O)c2cccc(F)c2)ccc1OC(F)F. The lowest BCUT2D eigenvalue weighted by atomic mass is 10.1. The Morgan fingerprint density at radius 3 is 2.57 bits per heavy atom. The largest absolute Gasteiger partial charge is 0.493 e. The zero-order chi connectivity index (χ0) is 16.8. The van der Waals surface area contributed by atoms with Gasteiger partial charge in [0.1, 0.15) is 5.82 Å². The molecule has 0 aliphatic heterocycles. The van der Waals surface area contributed by atoms with Gasteiger partial charge in [0.05, 0.1) is 7.11 Å². The smallest absolute Gasteiger partial charge is 0.387 e. The molecule has 2 aromatic rings. The van der Waals surface area contributed by atoms with Gasteiger partial charge in [-0.1, -0.05) is 24.3 Å². The molecule has 0 amide bonds. The number of ether oxygens (including phenoxy) is 2. The van der Waals surface area contributed by atoms with E-state index in [-0.39, 0.29) is 22.8 Å². The minimum absolute atomic E-state index is 0.101. The lowest BCUT2D eigenvalue weighted by Gasteiger charge is -2.10. The highest BCUT2D eigenvalue weighted by molar-refractivity contribution is 6.06. The van der Waals surface area contributed by atoms with E-state index in [1.54, 1.807) is 0 Å². The second kappa shape index (κ2) is 7.49. The van der Waals surface area contributed by atoms with Crippen LogP contribution in [0.3, 0.4) is 0 Å². The van der Waals surface area contributed by atoms with Gasteiger partial charge >= 0.3 is 6.61 Å². The van der Waals surface area contributed by atoms with E-state index in [2.05, 4.69) is 4.74 Å². The van der Waals surface area contributed by atoms with Crippen molar-refractivity contribution in [3.63, 3.8) is 0 Å². The van der Waals surface area contributed by atoms with Crippen LogP contribution in [0.2, 0.25) is 0 Å². The highest BCUT2D eigenvalue weighted by Crippen LogP contribution is 2.29. The van der Waals surface area contributed by atoms with Crippen molar-refractivity contribution in [1.82, 2.24) is 0 Å². The quantitative estimate of drug-likeness (QED) is 0.586. The van der Waals surface area contributed by atoms with Gasteiger partial charge in [-0.2, -0.15) is 8.78 Å². The van der Waals surface area contributed by atoms with Crippen molar-refractivity contribution in [3.05, 3.63) is 65.5 Å². The molecule has 0 N–H and O–H groups in total. The molecule has 0 aliphatic carbocycles. The summed E-state index contributed by atoms with van der Waals surface area (Å²) >= 11 is 0. The lowest BCUT2D eigenvalue weighted by Crippen LogP contribution is -2.03. The maximum absolute atomic E-state index is 13.1. The first-order chi connectivity index (χ1) is 11.0. The Morgan fingerprint density at radius 2 is 1.91 bits per heavy atom. The van der Waals surface area contributed by atoms with Crippen LogP contribution in [0.5, 0.6) is 11.5 Å². The van der Waals surface area contributed by atoms with E-state index in [0.717, 1.165) is 6.07 Å². The van der Waals surface area contributed by atoms with Crippen LogP contribution in [0.1, 0.15) is 15.9 Å². The number of carbonyl (C=O) groups excluding carboxylic acids is 1. The van der Waals surface area contributed by atoms with E-state index < -0.39 is 12.4 Å². The van der Waals surface area contributed by atoms with Crippen LogP contribution in [0, 0.1) is 5.82 Å².